The fraction of sp³-hybridized carbons (Fsp3) is 0.391. The lowest BCUT2D eigenvalue weighted by Gasteiger charge is -2.35. The third-order valence-electron chi connectivity index (χ3n) is 5.61. The van der Waals surface area contributed by atoms with Crippen LogP contribution in [0.3, 0.4) is 0 Å². The average molecular weight is 375 g/mol. The SMILES string of the molecule is N#Cc1ccccc1-c1ccc(CN2CCN(C(=O)[C@H]3CCCO3)CC2)cc1. The fourth-order valence-electron chi connectivity index (χ4n) is 3.98. The summed E-state index contributed by atoms with van der Waals surface area (Å²) in [4.78, 5) is 16.8. The Labute approximate surface area is 166 Å². The molecular formula is C23H25N3O2. The highest BCUT2D eigenvalue weighted by Crippen LogP contribution is 2.24. The third-order valence-corrected chi connectivity index (χ3v) is 5.61. The molecule has 5 nitrogen and oxygen atoms in total. The number of carbonyl (C=O) groups is 1. The number of nitrogens with zero attached hydrogens (tertiary/aromatic N) is 3. The van der Waals surface area contributed by atoms with Crippen LogP contribution in [0.1, 0.15) is 24.0 Å². The van der Waals surface area contributed by atoms with Crippen molar-refractivity contribution in [3.8, 4) is 17.2 Å². The second-order valence-electron chi connectivity index (χ2n) is 7.46. The van der Waals surface area contributed by atoms with Crippen molar-refractivity contribution in [2.75, 3.05) is 32.8 Å². The molecule has 2 heterocycles. The minimum absolute atomic E-state index is 0.165. The molecule has 0 radical (unpaired) electrons. The lowest BCUT2D eigenvalue weighted by atomic mass is 9.99. The first-order valence-electron chi connectivity index (χ1n) is 9.96. The minimum atomic E-state index is -0.213. The van der Waals surface area contributed by atoms with Gasteiger partial charge in [-0.25, -0.2) is 0 Å². The summed E-state index contributed by atoms with van der Waals surface area (Å²) in [6.45, 7) is 4.90. The van der Waals surface area contributed by atoms with Gasteiger partial charge in [0.05, 0.1) is 11.6 Å². The van der Waals surface area contributed by atoms with Crippen molar-refractivity contribution >= 4 is 5.91 Å². The fourth-order valence-corrected chi connectivity index (χ4v) is 3.98. The van der Waals surface area contributed by atoms with Gasteiger partial charge in [-0.1, -0.05) is 42.5 Å². The number of amides is 1. The van der Waals surface area contributed by atoms with Gasteiger partial charge in [-0.05, 0) is 35.6 Å². The van der Waals surface area contributed by atoms with E-state index in [1.54, 1.807) is 0 Å². The van der Waals surface area contributed by atoms with Crippen LogP contribution in [-0.4, -0.2) is 54.6 Å². The molecule has 0 saturated carbocycles. The van der Waals surface area contributed by atoms with Crippen LogP contribution in [-0.2, 0) is 16.1 Å². The Morgan fingerprint density at radius 1 is 1.07 bits per heavy atom. The summed E-state index contributed by atoms with van der Waals surface area (Å²) in [5.74, 6) is 0.165. The summed E-state index contributed by atoms with van der Waals surface area (Å²) in [6.07, 6.45) is 1.64. The van der Waals surface area contributed by atoms with E-state index in [4.69, 9.17) is 4.74 Å². The number of ether oxygens (including phenoxy) is 1. The van der Waals surface area contributed by atoms with E-state index >= 15 is 0 Å². The van der Waals surface area contributed by atoms with Gasteiger partial charge in [0.15, 0.2) is 0 Å². The quantitative estimate of drug-likeness (QED) is 0.824. The number of hydrogen-bond acceptors (Lipinski definition) is 4. The molecule has 0 aromatic heterocycles. The standard InChI is InChI=1S/C23H25N3O2/c24-16-20-4-1-2-5-21(20)19-9-7-18(8-10-19)17-25-11-13-26(14-12-25)23(27)22-6-3-15-28-22/h1-2,4-5,7-10,22H,3,6,11-15,17H2/t22-/m1/s1. The molecule has 2 aliphatic heterocycles. The minimum Gasteiger partial charge on any atom is -0.368 e. The Kier molecular flexibility index (Phi) is 5.70. The molecule has 2 aromatic rings. The average Bonchev–Trinajstić information content (AvgIpc) is 3.29. The maximum absolute atomic E-state index is 12.4. The maximum atomic E-state index is 12.4. The summed E-state index contributed by atoms with van der Waals surface area (Å²) in [6, 6.07) is 18.4. The first-order valence-corrected chi connectivity index (χ1v) is 9.96. The molecule has 0 aliphatic carbocycles. The van der Waals surface area contributed by atoms with Crippen molar-refractivity contribution in [1.82, 2.24) is 9.80 Å². The summed E-state index contributed by atoms with van der Waals surface area (Å²) in [7, 11) is 0. The first kappa shape index (κ1) is 18.7. The van der Waals surface area contributed by atoms with Crippen LogP contribution in [0.2, 0.25) is 0 Å². The number of piperazine rings is 1. The molecule has 2 fully saturated rings. The van der Waals surface area contributed by atoms with Crippen molar-refractivity contribution < 1.29 is 9.53 Å². The number of rotatable bonds is 4. The van der Waals surface area contributed by atoms with Gasteiger partial charge in [-0.3, -0.25) is 9.69 Å². The van der Waals surface area contributed by atoms with Gasteiger partial charge in [0.1, 0.15) is 6.10 Å². The molecule has 1 amide bonds. The number of carbonyl (C=O) groups excluding carboxylic acids is 1. The predicted octanol–water partition coefficient (Wildman–Crippen LogP) is 3.05. The normalized spacial score (nSPS) is 20.1. The lowest BCUT2D eigenvalue weighted by Crippen LogP contribution is -2.51. The molecule has 4 rings (SSSR count). The molecule has 2 saturated heterocycles. The van der Waals surface area contributed by atoms with Crippen LogP contribution in [0.5, 0.6) is 0 Å². The molecule has 0 spiro atoms. The summed E-state index contributed by atoms with van der Waals surface area (Å²) < 4.78 is 5.53. The van der Waals surface area contributed by atoms with Crippen LogP contribution in [0.15, 0.2) is 48.5 Å². The summed E-state index contributed by atoms with van der Waals surface area (Å²) in [5, 5.41) is 9.29. The third kappa shape index (κ3) is 4.09. The van der Waals surface area contributed by atoms with Gasteiger partial charge in [0.25, 0.3) is 5.91 Å². The van der Waals surface area contributed by atoms with Crippen LogP contribution >= 0.6 is 0 Å². The van der Waals surface area contributed by atoms with Crippen LogP contribution < -0.4 is 0 Å². The van der Waals surface area contributed by atoms with Crippen LogP contribution in [0.4, 0.5) is 0 Å². The largest absolute Gasteiger partial charge is 0.368 e. The number of benzene rings is 2. The Morgan fingerprint density at radius 3 is 2.50 bits per heavy atom. The molecule has 2 aliphatic rings. The van der Waals surface area contributed by atoms with Crippen molar-refractivity contribution in [2.24, 2.45) is 0 Å². The van der Waals surface area contributed by atoms with Gasteiger partial charge in [-0.15, -0.1) is 0 Å². The van der Waals surface area contributed by atoms with Gasteiger partial charge < -0.3 is 9.64 Å². The van der Waals surface area contributed by atoms with Gasteiger partial charge in [0.2, 0.25) is 0 Å². The van der Waals surface area contributed by atoms with Gasteiger partial charge in [0, 0.05) is 39.3 Å². The zero-order valence-corrected chi connectivity index (χ0v) is 16.0. The number of hydrogen-bond donors (Lipinski definition) is 0. The Bertz CT molecular complexity index is 858. The van der Waals surface area contributed by atoms with E-state index in [-0.39, 0.29) is 12.0 Å². The van der Waals surface area contributed by atoms with E-state index in [0.29, 0.717) is 12.2 Å². The smallest absolute Gasteiger partial charge is 0.251 e. The van der Waals surface area contributed by atoms with Gasteiger partial charge in [-0.2, -0.15) is 5.26 Å². The van der Waals surface area contributed by atoms with E-state index in [1.165, 1.54) is 5.56 Å². The zero-order chi connectivity index (χ0) is 19.3. The van der Waals surface area contributed by atoms with Crippen molar-refractivity contribution in [1.29, 1.82) is 5.26 Å². The van der Waals surface area contributed by atoms with Crippen molar-refractivity contribution in [2.45, 2.75) is 25.5 Å². The predicted molar refractivity (Wildman–Crippen MR) is 107 cm³/mol. The maximum Gasteiger partial charge on any atom is 0.251 e. The van der Waals surface area contributed by atoms with E-state index < -0.39 is 0 Å². The first-order chi connectivity index (χ1) is 13.7. The molecule has 28 heavy (non-hydrogen) atoms. The highest BCUT2D eigenvalue weighted by atomic mass is 16.5. The summed E-state index contributed by atoms with van der Waals surface area (Å²) in [5.41, 5.74) is 3.98. The molecule has 0 N–H and O–H groups in total. The molecule has 144 valence electrons. The summed E-state index contributed by atoms with van der Waals surface area (Å²) >= 11 is 0. The topological polar surface area (TPSA) is 56.6 Å². The molecular weight excluding hydrogens is 350 g/mol. The Morgan fingerprint density at radius 2 is 1.82 bits per heavy atom. The Balaban J connectivity index is 1.33. The van der Waals surface area contributed by atoms with Crippen LogP contribution in [0.25, 0.3) is 11.1 Å². The molecule has 0 bridgehead atoms. The highest BCUT2D eigenvalue weighted by molar-refractivity contribution is 5.81. The lowest BCUT2D eigenvalue weighted by molar-refractivity contribution is -0.142. The molecule has 0 unspecified atom stereocenters. The molecule has 5 heteroatoms. The van der Waals surface area contributed by atoms with E-state index in [1.807, 2.05) is 29.2 Å². The van der Waals surface area contributed by atoms with E-state index in [9.17, 15) is 10.1 Å². The second kappa shape index (κ2) is 8.55. The molecule has 2 aromatic carbocycles. The van der Waals surface area contributed by atoms with E-state index in [2.05, 4.69) is 35.2 Å². The Hall–Kier alpha value is -2.68. The second-order valence-corrected chi connectivity index (χ2v) is 7.46. The number of nitriles is 1. The van der Waals surface area contributed by atoms with Crippen LogP contribution in [0, 0.1) is 11.3 Å². The van der Waals surface area contributed by atoms with Gasteiger partial charge >= 0.3 is 0 Å². The van der Waals surface area contributed by atoms with Crippen molar-refractivity contribution in [3.63, 3.8) is 0 Å². The van der Waals surface area contributed by atoms with E-state index in [0.717, 1.165) is 56.7 Å². The molecule has 1 atom stereocenters. The highest BCUT2D eigenvalue weighted by Gasteiger charge is 2.30. The monoisotopic (exact) mass is 375 g/mol. The van der Waals surface area contributed by atoms with Crippen molar-refractivity contribution in [3.05, 3.63) is 59.7 Å². The zero-order valence-electron chi connectivity index (χ0n) is 16.0.